The third-order valence-electron chi connectivity index (χ3n) is 15.7. The van der Waals surface area contributed by atoms with Crippen molar-refractivity contribution in [1.82, 2.24) is 0 Å². The zero-order valence-corrected chi connectivity index (χ0v) is 47.1. The molecule has 0 bridgehead atoms. The van der Waals surface area contributed by atoms with E-state index in [2.05, 4.69) is 198 Å². The normalized spacial score (nSPS) is 17.3. The van der Waals surface area contributed by atoms with Crippen molar-refractivity contribution in [2.75, 3.05) is 0 Å². The zero-order chi connectivity index (χ0) is 47.0. The van der Waals surface area contributed by atoms with Crippen LogP contribution in [0, 0.1) is 13.8 Å². The van der Waals surface area contributed by atoms with Crippen molar-refractivity contribution >= 4 is 52.3 Å². The van der Waals surface area contributed by atoms with E-state index in [9.17, 15) is 17.0 Å². The average molecular weight is 1010 g/mol. The Balaban J connectivity index is 1.38. The van der Waals surface area contributed by atoms with E-state index < -0.39 is 25.9 Å². The number of aryl methyl sites for hydroxylation is 2. The van der Waals surface area contributed by atoms with Gasteiger partial charge in [-0.2, -0.15) is 0 Å². The van der Waals surface area contributed by atoms with Crippen LogP contribution in [0.25, 0.3) is 45.5 Å². The fourth-order valence-electron chi connectivity index (χ4n) is 12.3. The number of fused-ring (bicyclic) bond motifs is 5. The maximum atomic E-state index is 9.53. The molecule has 1 heterocycles. The number of halogens is 2. The van der Waals surface area contributed by atoms with Gasteiger partial charge in [-0.05, 0) is 0 Å². The Morgan fingerprint density at radius 3 is 1.36 bits per heavy atom. The molecule has 1 aliphatic heterocycles. The number of hydrogen-bond donors (Lipinski definition) is 0. The van der Waals surface area contributed by atoms with E-state index >= 15 is 0 Å². The second-order valence-electron chi connectivity index (χ2n) is 21.5. The second-order valence-corrected chi connectivity index (χ2v) is 44.0. The van der Waals surface area contributed by atoms with Crippen LogP contribution < -0.4 is 13.6 Å². The number of hydrogen-bond acceptors (Lipinski definition) is 0. The molecule has 0 spiro atoms. The van der Waals surface area contributed by atoms with Gasteiger partial charge in [0.2, 0.25) is 0 Å². The predicted molar refractivity (Wildman–Crippen MR) is 292 cm³/mol. The van der Waals surface area contributed by atoms with E-state index in [-0.39, 0.29) is 7.25 Å². The third-order valence-corrected chi connectivity index (χ3v) is 38.5. The summed E-state index contributed by atoms with van der Waals surface area (Å²) in [6.07, 6.45) is 9.15. The Hall–Kier alpha value is -3.52. The van der Waals surface area contributed by atoms with Crippen molar-refractivity contribution in [2.45, 2.75) is 140 Å². The SMILES string of the molecule is CCCC1=Cc2c(ccc(C)c2-c2cc(C(C)C)cc(C(C)C)c2)[CH]1[Zr]([Cl])([Cl])([c]1cccc2c1[SiH2]c1ccccc1-2)[CH]1C(CCC)=Cc2c1ccc(C)c2-c1cc(C(C)C)cc(C(C)C)c1. The molecule has 2 atom stereocenters. The van der Waals surface area contributed by atoms with Gasteiger partial charge in [-0.1, -0.05) is 0 Å². The van der Waals surface area contributed by atoms with Crippen LogP contribution in [-0.4, -0.2) is 9.52 Å². The van der Waals surface area contributed by atoms with Crippen molar-refractivity contribution in [1.29, 1.82) is 0 Å². The molecule has 341 valence electrons. The maximum absolute atomic E-state index is 9.53. The minimum absolute atomic E-state index is 0.0936. The van der Waals surface area contributed by atoms with Crippen LogP contribution >= 0.6 is 17.0 Å². The molecule has 6 aromatic rings. The van der Waals surface area contributed by atoms with E-state index in [1.54, 1.807) is 0 Å². The molecule has 3 aliphatic rings. The van der Waals surface area contributed by atoms with Crippen molar-refractivity contribution in [3.63, 3.8) is 0 Å². The van der Waals surface area contributed by atoms with Crippen molar-refractivity contribution < 1.29 is 16.4 Å². The molecule has 0 amide bonds. The second kappa shape index (κ2) is 18.1. The number of benzene rings is 6. The summed E-state index contributed by atoms with van der Waals surface area (Å²) in [5.41, 5.74) is 24.5. The fourth-order valence-corrected chi connectivity index (χ4v) is 40.3. The first-order valence-corrected chi connectivity index (χ1v) is 37.0. The molecule has 9 rings (SSSR count). The first kappa shape index (κ1) is 47.5. The number of rotatable bonds is 13. The Kier molecular flexibility index (Phi) is 13.0. The molecular formula is C62H71Cl2SiZr. The van der Waals surface area contributed by atoms with Gasteiger partial charge in [0.05, 0.1) is 0 Å². The number of allylic oxidation sites excluding steroid dienone is 2. The van der Waals surface area contributed by atoms with E-state index in [1.807, 2.05) is 0 Å². The zero-order valence-electron chi connectivity index (χ0n) is 41.7. The van der Waals surface area contributed by atoms with Gasteiger partial charge in [-0.25, -0.2) is 0 Å². The Labute approximate surface area is 408 Å². The monoisotopic (exact) mass is 1000 g/mol. The molecule has 0 N–H and O–H groups in total. The van der Waals surface area contributed by atoms with Gasteiger partial charge in [-0.3, -0.25) is 0 Å². The topological polar surface area (TPSA) is 0 Å². The van der Waals surface area contributed by atoms with Crippen molar-refractivity contribution in [3.05, 3.63) is 170 Å². The predicted octanol–water partition coefficient (Wildman–Crippen LogP) is 16.7. The molecule has 2 aliphatic carbocycles. The third kappa shape index (κ3) is 7.81. The summed E-state index contributed by atoms with van der Waals surface area (Å²) < 4.78 is 1.13. The van der Waals surface area contributed by atoms with E-state index in [0.717, 1.165) is 25.7 Å². The minimum atomic E-state index is -5.71. The molecule has 0 radical (unpaired) electrons. The van der Waals surface area contributed by atoms with Crippen LogP contribution in [0.1, 0.15) is 181 Å². The fraction of sp³-hybridized carbons (Fsp3) is 0.355. The first-order chi connectivity index (χ1) is 31.5. The molecule has 2 unspecified atom stereocenters. The molecule has 0 saturated heterocycles. The molecule has 66 heavy (non-hydrogen) atoms. The molecule has 0 fully saturated rings. The summed E-state index contributed by atoms with van der Waals surface area (Å²) in [5.74, 6) is 1.70. The molecule has 4 heteroatoms. The van der Waals surface area contributed by atoms with Gasteiger partial charge in [0, 0.05) is 0 Å². The van der Waals surface area contributed by atoms with Crippen LogP contribution in [-0.2, 0) is 16.4 Å². The summed E-state index contributed by atoms with van der Waals surface area (Å²) in [6.45, 7) is 27.9. The summed E-state index contributed by atoms with van der Waals surface area (Å²) in [4.78, 5) is 0. The Bertz CT molecular complexity index is 2760. The van der Waals surface area contributed by atoms with Crippen LogP contribution in [0.3, 0.4) is 0 Å². The standard InChI is InChI=1S/2C25H31.C12H9Si.2ClH.Zr/c2*1-7-8-19-11-20-10-9-18(6)25(24(20)12-19)23-14-21(16(2)3)13-22(15-23)17(4)5;1-3-7-11-9(5-1)10-6-2-4-8-12(10)13-11;;;/h2*9-17H,7-8H2,1-6H3;1-7H,13H2;2*1H;/q;;;;;+2/p-2. The Morgan fingerprint density at radius 2 is 0.939 bits per heavy atom. The van der Waals surface area contributed by atoms with Crippen LogP contribution in [0.2, 0.25) is 0 Å². The van der Waals surface area contributed by atoms with E-state index in [4.69, 9.17) is 0 Å². The summed E-state index contributed by atoms with van der Waals surface area (Å²) in [7, 11) is 18.2. The average Bonchev–Trinajstić information content (AvgIpc) is 3.98. The van der Waals surface area contributed by atoms with Crippen molar-refractivity contribution in [3.8, 4) is 33.4 Å². The molecule has 6 aromatic carbocycles. The summed E-state index contributed by atoms with van der Waals surface area (Å²) in [6, 6.07) is 40.7. The van der Waals surface area contributed by atoms with E-state index in [1.165, 1.54) is 114 Å². The summed E-state index contributed by atoms with van der Waals surface area (Å²) in [5, 5.41) is 2.99. The van der Waals surface area contributed by atoms with Crippen LogP contribution in [0.4, 0.5) is 0 Å². The molecule has 0 saturated carbocycles. The molecular weight excluding hydrogens is 935 g/mol. The molecule has 0 aromatic heterocycles. The molecule has 0 nitrogen and oxygen atoms in total. The van der Waals surface area contributed by atoms with E-state index in [0.29, 0.717) is 23.7 Å². The first-order valence-electron chi connectivity index (χ1n) is 25.2. The van der Waals surface area contributed by atoms with Gasteiger partial charge in [0.1, 0.15) is 0 Å². The van der Waals surface area contributed by atoms with Crippen LogP contribution in [0.15, 0.2) is 114 Å². The quantitative estimate of drug-likeness (QED) is 0.101. The van der Waals surface area contributed by atoms with Gasteiger partial charge in [0.25, 0.3) is 0 Å². The summed E-state index contributed by atoms with van der Waals surface area (Å²) >= 11 is -5.71. The van der Waals surface area contributed by atoms with Gasteiger partial charge in [0.15, 0.2) is 0 Å². The van der Waals surface area contributed by atoms with Gasteiger partial charge >= 0.3 is 412 Å². The van der Waals surface area contributed by atoms with Gasteiger partial charge < -0.3 is 0 Å². The van der Waals surface area contributed by atoms with Crippen molar-refractivity contribution in [2.24, 2.45) is 0 Å². The van der Waals surface area contributed by atoms with Crippen LogP contribution in [0.5, 0.6) is 0 Å². The van der Waals surface area contributed by atoms with Gasteiger partial charge in [-0.15, -0.1) is 0 Å². The Morgan fingerprint density at radius 1 is 0.515 bits per heavy atom.